The summed E-state index contributed by atoms with van der Waals surface area (Å²) < 4.78 is 17.5. The summed E-state index contributed by atoms with van der Waals surface area (Å²) in [6.45, 7) is 2.19. The number of amides is 1. The molecule has 0 aliphatic rings. The number of hydrogen-bond donors (Lipinski definition) is 2. The van der Waals surface area contributed by atoms with Crippen LogP contribution in [0.3, 0.4) is 0 Å². The first kappa shape index (κ1) is 15.9. The molecule has 7 heteroatoms. The Morgan fingerprint density at radius 1 is 1.50 bits per heavy atom. The molecule has 6 nitrogen and oxygen atoms in total. The predicted molar refractivity (Wildman–Crippen MR) is 68.7 cm³/mol. The standard InChI is InChI=1S/C13H17FN2O4/c1-2-3-6-20-13(19)16-10(12(17)18)7-9-4-5-11(14)15-8-9/h4-5,8,10H,2-3,6-7H2,1H3,(H,16,19)(H,17,18)/t10-/m1/s1. The molecule has 0 saturated carbocycles. The molecular formula is C13H17FN2O4. The normalized spacial score (nSPS) is 11.7. The number of hydrogen-bond acceptors (Lipinski definition) is 4. The maximum Gasteiger partial charge on any atom is 0.407 e. The number of carboxylic acid groups (broad SMARTS) is 1. The van der Waals surface area contributed by atoms with E-state index in [0.717, 1.165) is 12.5 Å². The van der Waals surface area contributed by atoms with Gasteiger partial charge in [0.05, 0.1) is 6.61 Å². The van der Waals surface area contributed by atoms with Gasteiger partial charge in [-0.05, 0) is 18.1 Å². The molecule has 0 saturated heterocycles. The Hall–Kier alpha value is -2.18. The molecule has 0 bridgehead atoms. The van der Waals surface area contributed by atoms with Crippen LogP contribution >= 0.6 is 0 Å². The maximum absolute atomic E-state index is 12.6. The summed E-state index contributed by atoms with van der Waals surface area (Å²) in [6.07, 6.45) is 2.05. The van der Waals surface area contributed by atoms with E-state index in [1.54, 1.807) is 0 Å². The number of nitrogens with zero attached hydrogens (tertiary/aromatic N) is 1. The van der Waals surface area contributed by atoms with E-state index in [1.807, 2.05) is 6.92 Å². The molecular weight excluding hydrogens is 267 g/mol. The lowest BCUT2D eigenvalue weighted by Crippen LogP contribution is -2.42. The van der Waals surface area contributed by atoms with Crippen LogP contribution in [0.1, 0.15) is 25.3 Å². The first-order valence-corrected chi connectivity index (χ1v) is 6.29. The second-order valence-corrected chi connectivity index (χ2v) is 4.22. The monoisotopic (exact) mass is 284 g/mol. The van der Waals surface area contributed by atoms with Crippen LogP contribution in [0, 0.1) is 5.95 Å². The molecule has 20 heavy (non-hydrogen) atoms. The Labute approximate surface area is 116 Å². The fraction of sp³-hybridized carbons (Fsp3) is 0.462. The van der Waals surface area contributed by atoms with E-state index in [1.165, 1.54) is 12.3 Å². The van der Waals surface area contributed by atoms with Crippen molar-refractivity contribution in [3.8, 4) is 0 Å². The summed E-state index contributed by atoms with van der Waals surface area (Å²) in [7, 11) is 0. The Bertz CT molecular complexity index is 450. The van der Waals surface area contributed by atoms with Crippen LogP contribution in [0.5, 0.6) is 0 Å². The van der Waals surface area contributed by atoms with E-state index in [4.69, 9.17) is 9.84 Å². The number of rotatable bonds is 7. The van der Waals surface area contributed by atoms with E-state index in [-0.39, 0.29) is 13.0 Å². The number of halogens is 1. The lowest BCUT2D eigenvalue weighted by molar-refractivity contribution is -0.139. The second kappa shape index (κ2) is 8.08. The van der Waals surface area contributed by atoms with Crippen LogP contribution in [0.25, 0.3) is 0 Å². The minimum Gasteiger partial charge on any atom is -0.480 e. The quantitative estimate of drug-likeness (QED) is 0.588. The van der Waals surface area contributed by atoms with Gasteiger partial charge in [-0.25, -0.2) is 14.6 Å². The molecule has 1 aromatic heterocycles. The molecule has 1 heterocycles. The van der Waals surface area contributed by atoms with Crippen molar-refractivity contribution in [3.63, 3.8) is 0 Å². The number of carbonyl (C=O) groups is 2. The summed E-state index contributed by atoms with van der Waals surface area (Å²) >= 11 is 0. The number of unbranched alkanes of at least 4 members (excludes halogenated alkanes) is 1. The van der Waals surface area contributed by atoms with Gasteiger partial charge in [-0.1, -0.05) is 19.4 Å². The van der Waals surface area contributed by atoms with Crippen molar-refractivity contribution in [1.29, 1.82) is 0 Å². The number of nitrogens with one attached hydrogen (secondary N) is 1. The molecule has 0 aliphatic heterocycles. The Balaban J connectivity index is 2.54. The van der Waals surface area contributed by atoms with Crippen LogP contribution in [0.15, 0.2) is 18.3 Å². The Morgan fingerprint density at radius 3 is 2.80 bits per heavy atom. The van der Waals surface area contributed by atoms with E-state index in [2.05, 4.69) is 10.3 Å². The van der Waals surface area contributed by atoms with Gasteiger partial charge >= 0.3 is 12.1 Å². The van der Waals surface area contributed by atoms with Crippen LogP contribution in [-0.2, 0) is 16.0 Å². The highest BCUT2D eigenvalue weighted by atomic mass is 19.1. The zero-order valence-corrected chi connectivity index (χ0v) is 11.1. The molecule has 2 N–H and O–H groups in total. The third-order valence-electron chi connectivity index (χ3n) is 2.55. The molecule has 1 rings (SSSR count). The Morgan fingerprint density at radius 2 is 2.25 bits per heavy atom. The van der Waals surface area contributed by atoms with Crippen LogP contribution in [0.2, 0.25) is 0 Å². The van der Waals surface area contributed by atoms with E-state index < -0.39 is 24.1 Å². The molecule has 110 valence electrons. The van der Waals surface area contributed by atoms with Crippen LogP contribution < -0.4 is 5.32 Å². The highest BCUT2D eigenvalue weighted by Crippen LogP contribution is 2.04. The second-order valence-electron chi connectivity index (χ2n) is 4.22. The number of carboxylic acids is 1. The number of carbonyl (C=O) groups excluding carboxylic acids is 1. The lowest BCUT2D eigenvalue weighted by Gasteiger charge is -2.14. The minimum atomic E-state index is -1.19. The average molecular weight is 284 g/mol. The zero-order valence-electron chi connectivity index (χ0n) is 11.1. The SMILES string of the molecule is CCCCOC(=O)N[C@H](Cc1ccc(F)nc1)C(=O)O. The summed E-state index contributed by atoms with van der Waals surface area (Å²) in [4.78, 5) is 25.9. The minimum absolute atomic E-state index is 0.00545. The van der Waals surface area contributed by atoms with Gasteiger partial charge in [-0.15, -0.1) is 0 Å². The van der Waals surface area contributed by atoms with Gasteiger partial charge in [0.2, 0.25) is 5.95 Å². The van der Waals surface area contributed by atoms with Crippen molar-refractivity contribution in [3.05, 3.63) is 29.8 Å². The van der Waals surface area contributed by atoms with Crippen molar-refractivity contribution in [2.75, 3.05) is 6.61 Å². The molecule has 0 unspecified atom stereocenters. The maximum atomic E-state index is 12.6. The van der Waals surface area contributed by atoms with Crippen molar-refractivity contribution in [2.24, 2.45) is 0 Å². The molecule has 1 amide bonds. The predicted octanol–water partition coefficient (Wildman–Crippen LogP) is 1.74. The summed E-state index contributed by atoms with van der Waals surface area (Å²) in [5, 5.41) is 11.3. The van der Waals surface area contributed by atoms with E-state index in [9.17, 15) is 14.0 Å². The largest absolute Gasteiger partial charge is 0.480 e. The fourth-order valence-electron chi connectivity index (χ4n) is 1.46. The van der Waals surface area contributed by atoms with Crippen molar-refractivity contribution < 1.29 is 23.8 Å². The Kier molecular flexibility index (Phi) is 6.42. The molecule has 0 spiro atoms. The topological polar surface area (TPSA) is 88.5 Å². The average Bonchev–Trinajstić information content (AvgIpc) is 2.40. The highest BCUT2D eigenvalue weighted by molar-refractivity contribution is 5.80. The van der Waals surface area contributed by atoms with Gasteiger partial charge in [0.25, 0.3) is 0 Å². The number of ether oxygens (including phenoxy) is 1. The number of pyridine rings is 1. The summed E-state index contributed by atoms with van der Waals surface area (Å²) in [6, 6.07) is 1.41. The van der Waals surface area contributed by atoms with Crippen molar-refractivity contribution in [2.45, 2.75) is 32.2 Å². The van der Waals surface area contributed by atoms with Crippen LogP contribution in [-0.4, -0.2) is 34.8 Å². The molecule has 0 radical (unpaired) electrons. The third-order valence-corrected chi connectivity index (χ3v) is 2.55. The van der Waals surface area contributed by atoms with Gasteiger partial charge < -0.3 is 15.2 Å². The summed E-state index contributed by atoms with van der Waals surface area (Å²) in [5.74, 6) is -1.84. The van der Waals surface area contributed by atoms with Crippen molar-refractivity contribution in [1.82, 2.24) is 10.3 Å². The smallest absolute Gasteiger partial charge is 0.407 e. The van der Waals surface area contributed by atoms with E-state index >= 15 is 0 Å². The highest BCUT2D eigenvalue weighted by Gasteiger charge is 2.21. The van der Waals surface area contributed by atoms with Gasteiger partial charge in [-0.3, -0.25) is 0 Å². The first-order chi connectivity index (χ1) is 9.52. The molecule has 1 atom stereocenters. The molecule has 0 aromatic carbocycles. The first-order valence-electron chi connectivity index (χ1n) is 6.29. The summed E-state index contributed by atoms with van der Waals surface area (Å²) in [5.41, 5.74) is 0.507. The number of aromatic nitrogens is 1. The van der Waals surface area contributed by atoms with Gasteiger partial charge in [0.1, 0.15) is 6.04 Å². The lowest BCUT2D eigenvalue weighted by atomic mass is 10.1. The van der Waals surface area contributed by atoms with Gasteiger partial charge in [0.15, 0.2) is 0 Å². The number of aliphatic carboxylic acids is 1. The molecule has 1 aromatic rings. The number of alkyl carbamates (subject to hydrolysis) is 1. The van der Waals surface area contributed by atoms with Crippen molar-refractivity contribution >= 4 is 12.1 Å². The third kappa shape index (κ3) is 5.64. The molecule has 0 aliphatic carbocycles. The van der Waals surface area contributed by atoms with E-state index in [0.29, 0.717) is 12.0 Å². The van der Waals surface area contributed by atoms with Gasteiger partial charge in [-0.2, -0.15) is 4.39 Å². The molecule has 0 fully saturated rings. The fourth-order valence-corrected chi connectivity index (χ4v) is 1.46. The van der Waals surface area contributed by atoms with Crippen LogP contribution in [0.4, 0.5) is 9.18 Å². The zero-order chi connectivity index (χ0) is 15.0. The van der Waals surface area contributed by atoms with Gasteiger partial charge in [0, 0.05) is 12.6 Å².